The SMILES string of the molecule is C=CC(=O)OCCCC(CO[SiH3])(O[Si](C)(C)C)O[Si](C)(C)C. The lowest BCUT2D eigenvalue weighted by Crippen LogP contribution is -2.53. The van der Waals surface area contributed by atoms with Crippen LogP contribution >= 0.6 is 0 Å². The fourth-order valence-electron chi connectivity index (χ4n) is 2.16. The minimum Gasteiger partial charge on any atom is -0.463 e. The fourth-order valence-corrected chi connectivity index (χ4v) is 5.32. The molecule has 0 aromatic heterocycles. The molecule has 0 rings (SSSR count). The quantitative estimate of drug-likeness (QED) is 0.185. The second-order valence-electron chi connectivity index (χ2n) is 7.25. The molecule has 22 heavy (non-hydrogen) atoms. The maximum atomic E-state index is 11.1. The van der Waals surface area contributed by atoms with Crippen LogP contribution in [0.2, 0.25) is 39.3 Å². The van der Waals surface area contributed by atoms with E-state index in [0.29, 0.717) is 36.5 Å². The Morgan fingerprint density at radius 2 is 1.64 bits per heavy atom. The zero-order valence-electron chi connectivity index (χ0n) is 15.2. The Kier molecular flexibility index (Phi) is 9.03. The van der Waals surface area contributed by atoms with Gasteiger partial charge in [-0.05, 0) is 45.7 Å². The maximum absolute atomic E-state index is 11.1. The molecule has 0 aromatic rings. The Bertz CT molecular complexity index is 344. The van der Waals surface area contributed by atoms with Crippen LogP contribution in [0.1, 0.15) is 12.8 Å². The molecule has 0 heterocycles. The van der Waals surface area contributed by atoms with E-state index in [1.54, 1.807) is 0 Å². The van der Waals surface area contributed by atoms with Gasteiger partial charge in [-0.2, -0.15) is 0 Å². The number of carbonyl (C=O) groups excluding carboxylic acids is 1. The molecule has 0 saturated heterocycles. The highest BCUT2D eigenvalue weighted by Gasteiger charge is 2.40. The van der Waals surface area contributed by atoms with Crippen LogP contribution in [0.15, 0.2) is 12.7 Å². The topological polar surface area (TPSA) is 54.0 Å². The number of rotatable bonds is 11. The first kappa shape index (κ1) is 21.7. The Morgan fingerprint density at radius 1 is 1.14 bits per heavy atom. The van der Waals surface area contributed by atoms with Crippen LogP contribution in [0.25, 0.3) is 0 Å². The molecule has 0 spiro atoms. The van der Waals surface area contributed by atoms with Gasteiger partial charge >= 0.3 is 5.97 Å². The molecule has 0 aromatic carbocycles. The first-order chi connectivity index (χ1) is 9.93. The Morgan fingerprint density at radius 3 is 2.00 bits per heavy atom. The molecule has 0 N–H and O–H groups in total. The van der Waals surface area contributed by atoms with E-state index in [-0.39, 0.29) is 0 Å². The highest BCUT2D eigenvalue weighted by atomic mass is 28.4. The van der Waals surface area contributed by atoms with Crippen molar-refractivity contribution in [1.29, 1.82) is 0 Å². The minimum absolute atomic E-state index is 0.331. The highest BCUT2D eigenvalue weighted by molar-refractivity contribution is 6.71. The van der Waals surface area contributed by atoms with Crippen LogP contribution in [0.3, 0.4) is 0 Å². The molecule has 0 fully saturated rings. The molecule has 0 bridgehead atoms. The van der Waals surface area contributed by atoms with E-state index >= 15 is 0 Å². The summed E-state index contributed by atoms with van der Waals surface area (Å²) in [6.45, 7) is 17.0. The third kappa shape index (κ3) is 10.5. The van der Waals surface area contributed by atoms with Crippen molar-refractivity contribution in [2.45, 2.75) is 57.9 Å². The number of esters is 1. The molecule has 0 amide bonds. The minimum atomic E-state index is -1.81. The van der Waals surface area contributed by atoms with Crippen molar-refractivity contribution in [2.24, 2.45) is 0 Å². The van der Waals surface area contributed by atoms with Gasteiger partial charge in [-0.25, -0.2) is 4.79 Å². The lowest BCUT2D eigenvalue weighted by molar-refractivity contribution is -0.159. The number of hydrogen-bond donors (Lipinski definition) is 0. The van der Waals surface area contributed by atoms with Crippen LogP contribution in [0.4, 0.5) is 0 Å². The number of carbonyl (C=O) groups is 1. The van der Waals surface area contributed by atoms with Crippen molar-refractivity contribution in [3.63, 3.8) is 0 Å². The molecule has 0 aliphatic rings. The van der Waals surface area contributed by atoms with E-state index in [1.807, 2.05) is 0 Å². The zero-order valence-corrected chi connectivity index (χ0v) is 19.2. The summed E-state index contributed by atoms with van der Waals surface area (Å²) in [4.78, 5) is 11.1. The zero-order chi connectivity index (χ0) is 17.4. The van der Waals surface area contributed by atoms with Gasteiger partial charge in [0.15, 0.2) is 22.4 Å². The normalized spacial score (nSPS) is 13.2. The molecule has 0 aliphatic carbocycles. The van der Waals surface area contributed by atoms with Crippen LogP contribution in [-0.4, -0.2) is 52.1 Å². The van der Waals surface area contributed by atoms with Crippen LogP contribution in [-0.2, 0) is 22.8 Å². The van der Waals surface area contributed by atoms with Crippen molar-refractivity contribution in [3.05, 3.63) is 12.7 Å². The predicted octanol–water partition coefficient (Wildman–Crippen LogP) is 2.19. The van der Waals surface area contributed by atoms with Crippen molar-refractivity contribution in [1.82, 2.24) is 0 Å². The van der Waals surface area contributed by atoms with Crippen LogP contribution in [0.5, 0.6) is 0 Å². The molecular formula is C14H32O5Si3. The Labute approximate surface area is 140 Å². The number of ether oxygens (including phenoxy) is 1. The van der Waals surface area contributed by atoms with Gasteiger partial charge in [-0.1, -0.05) is 6.58 Å². The Balaban J connectivity index is 4.93. The monoisotopic (exact) mass is 364 g/mol. The average Bonchev–Trinajstić information content (AvgIpc) is 2.30. The molecule has 0 radical (unpaired) electrons. The van der Waals surface area contributed by atoms with Gasteiger partial charge in [-0.3, -0.25) is 0 Å². The molecule has 8 heteroatoms. The average molecular weight is 365 g/mol. The van der Waals surface area contributed by atoms with E-state index in [2.05, 4.69) is 45.9 Å². The molecule has 0 aliphatic heterocycles. The third-order valence-corrected chi connectivity index (χ3v) is 4.72. The summed E-state index contributed by atoms with van der Waals surface area (Å²) in [5, 5.41) is 0. The smallest absolute Gasteiger partial charge is 0.330 e. The first-order valence-electron chi connectivity index (χ1n) is 7.61. The third-order valence-electron chi connectivity index (χ3n) is 2.46. The summed E-state index contributed by atoms with van der Waals surface area (Å²) in [5.41, 5.74) is 0. The van der Waals surface area contributed by atoms with E-state index < -0.39 is 28.4 Å². The van der Waals surface area contributed by atoms with Gasteiger partial charge in [0.25, 0.3) is 0 Å². The van der Waals surface area contributed by atoms with E-state index in [4.69, 9.17) is 18.0 Å². The largest absolute Gasteiger partial charge is 0.463 e. The van der Waals surface area contributed by atoms with Gasteiger partial charge in [0.05, 0.1) is 13.2 Å². The fraction of sp³-hybridized carbons (Fsp3) is 0.786. The van der Waals surface area contributed by atoms with Crippen molar-refractivity contribution >= 4 is 33.1 Å². The first-order valence-corrected chi connectivity index (χ1v) is 15.2. The van der Waals surface area contributed by atoms with Crippen LogP contribution in [0, 0.1) is 0 Å². The molecular weight excluding hydrogens is 332 g/mol. The molecule has 0 atom stereocenters. The summed E-state index contributed by atoms with van der Waals surface area (Å²) in [7, 11) is -2.99. The molecule has 5 nitrogen and oxygen atoms in total. The summed E-state index contributed by atoms with van der Waals surface area (Å²) < 4.78 is 23.3. The second kappa shape index (κ2) is 9.14. The van der Waals surface area contributed by atoms with Gasteiger partial charge in [0, 0.05) is 12.5 Å². The lowest BCUT2D eigenvalue weighted by Gasteiger charge is -2.42. The number of hydrogen-bond acceptors (Lipinski definition) is 5. The summed E-state index contributed by atoms with van der Waals surface area (Å²) in [5.74, 6) is -1.13. The van der Waals surface area contributed by atoms with Crippen LogP contribution < -0.4 is 0 Å². The van der Waals surface area contributed by atoms with Gasteiger partial charge in [0.1, 0.15) is 10.5 Å². The molecule has 0 unspecified atom stereocenters. The summed E-state index contributed by atoms with van der Waals surface area (Å²) in [6.07, 6.45) is 2.48. The summed E-state index contributed by atoms with van der Waals surface area (Å²) >= 11 is 0. The predicted molar refractivity (Wildman–Crippen MR) is 97.9 cm³/mol. The van der Waals surface area contributed by atoms with Gasteiger partial charge in [-0.15, -0.1) is 0 Å². The van der Waals surface area contributed by atoms with Crippen molar-refractivity contribution < 1.29 is 22.8 Å². The van der Waals surface area contributed by atoms with E-state index in [0.717, 1.165) is 0 Å². The van der Waals surface area contributed by atoms with Crippen molar-refractivity contribution in [2.75, 3.05) is 13.2 Å². The molecule has 130 valence electrons. The van der Waals surface area contributed by atoms with Crippen molar-refractivity contribution in [3.8, 4) is 0 Å². The Hall–Kier alpha value is -0.259. The highest BCUT2D eigenvalue weighted by Crippen LogP contribution is 2.29. The van der Waals surface area contributed by atoms with E-state index in [9.17, 15) is 4.79 Å². The van der Waals surface area contributed by atoms with Gasteiger partial charge < -0.3 is 18.0 Å². The second-order valence-corrected chi connectivity index (χ2v) is 16.7. The standard InChI is InChI=1S/C14H32O5Si3/c1-8-13(15)16-11-9-10-14(12-17-20,18-21(2,3)4)19-22(5,6)7/h8H,1,9-12H2,2-7,20H3. The maximum Gasteiger partial charge on any atom is 0.330 e. The summed E-state index contributed by atoms with van der Waals surface area (Å²) in [6, 6.07) is 0. The molecule has 0 saturated carbocycles. The van der Waals surface area contributed by atoms with Gasteiger partial charge in [0.2, 0.25) is 0 Å². The van der Waals surface area contributed by atoms with E-state index in [1.165, 1.54) is 6.08 Å². The lowest BCUT2D eigenvalue weighted by atomic mass is 10.1.